The van der Waals surface area contributed by atoms with Crippen molar-refractivity contribution >= 4 is 65.2 Å². The molecular weight excluding hydrogens is 684 g/mol. The number of hydrogen-bond acceptors (Lipinski definition) is 9. The highest BCUT2D eigenvalue weighted by Gasteiger charge is 2.40. The van der Waals surface area contributed by atoms with Crippen molar-refractivity contribution < 1.29 is 43.2 Å². The highest BCUT2D eigenvalue weighted by molar-refractivity contribution is 6.02. The molecule has 0 bridgehead atoms. The van der Waals surface area contributed by atoms with Crippen molar-refractivity contribution in [1.82, 2.24) is 25.9 Å². The molecule has 53 heavy (non-hydrogen) atoms. The molecule has 3 atom stereocenters. The van der Waals surface area contributed by atoms with Crippen LogP contribution in [-0.2, 0) is 49.7 Å². The minimum Gasteiger partial charge on any atom is -0.347 e. The van der Waals surface area contributed by atoms with Crippen LogP contribution < -0.4 is 20.9 Å². The fraction of sp³-hybridized carbons (Fsp3) is 0.421. The van der Waals surface area contributed by atoms with Crippen molar-refractivity contribution in [3.05, 3.63) is 65.2 Å². The third-order valence-electron chi connectivity index (χ3n) is 9.63. The Morgan fingerprint density at radius 2 is 1.49 bits per heavy atom. The maximum Gasteiger partial charge on any atom is 0.355 e. The summed E-state index contributed by atoms with van der Waals surface area (Å²) in [6.07, 6.45) is 4.88. The fourth-order valence-electron chi connectivity index (χ4n) is 6.39. The molecule has 3 aliphatic rings. The van der Waals surface area contributed by atoms with Crippen LogP contribution in [0.1, 0.15) is 75.5 Å². The van der Waals surface area contributed by atoms with E-state index in [1.165, 1.54) is 4.90 Å². The molecule has 2 aromatic carbocycles. The maximum absolute atomic E-state index is 13.4. The van der Waals surface area contributed by atoms with Crippen molar-refractivity contribution in [3.63, 3.8) is 0 Å². The number of nitrogens with one attached hydrogen (secondary N) is 3. The van der Waals surface area contributed by atoms with Crippen molar-refractivity contribution in [2.45, 2.75) is 77.4 Å². The second-order valence-electron chi connectivity index (χ2n) is 13.2. The molecule has 2 saturated heterocycles. The van der Waals surface area contributed by atoms with Crippen LogP contribution in [0.25, 0.3) is 12.2 Å². The zero-order valence-corrected chi connectivity index (χ0v) is 29.8. The van der Waals surface area contributed by atoms with Gasteiger partial charge in [0.15, 0.2) is 0 Å². The number of likely N-dealkylation sites (tertiary alicyclic amines) is 1. The molecule has 5 rings (SSSR count). The number of rotatable bonds is 13. The van der Waals surface area contributed by atoms with Gasteiger partial charge >= 0.3 is 5.97 Å². The van der Waals surface area contributed by atoms with Crippen molar-refractivity contribution in [3.8, 4) is 0 Å². The lowest BCUT2D eigenvalue weighted by atomic mass is 9.98. The second kappa shape index (κ2) is 17.6. The summed E-state index contributed by atoms with van der Waals surface area (Å²) >= 11 is 0. The number of hydroxylamine groups is 2. The smallest absolute Gasteiger partial charge is 0.347 e. The molecule has 2 aromatic rings. The molecule has 0 radical (unpaired) electrons. The SMILES string of the molecule is CC[C@H](C)C(NC(=O)[C@@H]1CCCN1C(=O)CNC(=O)CNC(=O)CCC(=O)N1Cc2ccccc2/C=C\c2ccccc21)C(=O)ON1C(=O)CCC1=O. The zero-order valence-electron chi connectivity index (χ0n) is 29.8. The number of para-hydroxylation sites is 1. The minimum absolute atomic E-state index is 0.0707. The Labute approximate surface area is 307 Å². The van der Waals surface area contributed by atoms with Gasteiger partial charge in [-0.1, -0.05) is 74.9 Å². The highest BCUT2D eigenvalue weighted by atomic mass is 16.7. The molecule has 0 spiro atoms. The van der Waals surface area contributed by atoms with E-state index in [0.29, 0.717) is 30.9 Å². The van der Waals surface area contributed by atoms with Crippen LogP contribution in [0.2, 0.25) is 0 Å². The number of carbonyl (C=O) groups is 8. The number of fused-ring (bicyclic) bond motifs is 2. The highest BCUT2D eigenvalue weighted by Crippen LogP contribution is 2.29. The van der Waals surface area contributed by atoms with Gasteiger partial charge in [0.05, 0.1) is 25.3 Å². The third-order valence-corrected chi connectivity index (χ3v) is 9.63. The first kappa shape index (κ1) is 38.4. The molecule has 1 unspecified atom stereocenters. The van der Waals surface area contributed by atoms with Gasteiger partial charge in [-0.25, -0.2) is 4.79 Å². The lowest BCUT2D eigenvalue weighted by molar-refractivity contribution is -0.200. The summed E-state index contributed by atoms with van der Waals surface area (Å²) in [6, 6.07) is 13.2. The predicted octanol–water partition coefficient (Wildman–Crippen LogP) is 1.85. The van der Waals surface area contributed by atoms with Gasteiger partial charge in [0, 0.05) is 32.2 Å². The van der Waals surface area contributed by atoms with E-state index in [2.05, 4.69) is 16.0 Å². The summed E-state index contributed by atoms with van der Waals surface area (Å²) in [5.41, 5.74) is 3.57. The molecule has 15 heteroatoms. The van der Waals surface area contributed by atoms with E-state index in [-0.39, 0.29) is 38.1 Å². The molecule has 2 fully saturated rings. The van der Waals surface area contributed by atoms with Crippen molar-refractivity contribution in [1.29, 1.82) is 0 Å². The number of anilines is 1. The Balaban J connectivity index is 1.07. The predicted molar refractivity (Wildman–Crippen MR) is 192 cm³/mol. The van der Waals surface area contributed by atoms with Gasteiger partial charge in [-0.15, -0.1) is 5.06 Å². The van der Waals surface area contributed by atoms with Crippen molar-refractivity contribution in [2.24, 2.45) is 5.92 Å². The van der Waals surface area contributed by atoms with Gasteiger partial charge in [-0.05, 0) is 41.5 Å². The first-order valence-corrected chi connectivity index (χ1v) is 17.8. The van der Waals surface area contributed by atoms with E-state index >= 15 is 0 Å². The fourth-order valence-corrected chi connectivity index (χ4v) is 6.39. The van der Waals surface area contributed by atoms with Crippen LogP contribution in [0, 0.1) is 5.92 Å². The number of amides is 7. The Bertz CT molecular complexity index is 1790. The van der Waals surface area contributed by atoms with E-state index in [4.69, 9.17) is 4.84 Å². The van der Waals surface area contributed by atoms with E-state index < -0.39 is 72.5 Å². The van der Waals surface area contributed by atoms with Crippen LogP contribution in [-0.4, -0.2) is 89.0 Å². The summed E-state index contributed by atoms with van der Waals surface area (Å²) in [5.74, 6) is -5.19. The Morgan fingerprint density at radius 3 is 2.23 bits per heavy atom. The average Bonchev–Trinajstić information content (AvgIpc) is 3.78. The van der Waals surface area contributed by atoms with Gasteiger partial charge in [-0.2, -0.15) is 0 Å². The maximum atomic E-state index is 13.4. The minimum atomic E-state index is -1.18. The van der Waals surface area contributed by atoms with Gasteiger partial charge in [0.1, 0.15) is 12.1 Å². The largest absolute Gasteiger partial charge is 0.355 e. The molecule has 3 aliphatic heterocycles. The summed E-state index contributed by atoms with van der Waals surface area (Å²) in [5, 5.41) is 8.00. The molecular formula is C38H44N6O9. The standard InChI is InChI=1S/C38H44N6O9/c1-3-24(2)36(38(52)53-44-33(48)18-19-34(44)49)41-37(51)29-13-8-20-42(29)35(50)22-40-31(46)21-39-30(45)16-17-32(47)43-23-27-11-5-4-9-25(27)14-15-26-10-6-7-12-28(26)43/h4-7,9-12,14-15,24,29,36H,3,8,13,16-23H2,1-2H3,(H,39,45)(H,40,46)(H,41,51)/b15-14-/t24-,29-,36?/m0/s1. The summed E-state index contributed by atoms with van der Waals surface area (Å²) in [7, 11) is 0. The van der Waals surface area contributed by atoms with Gasteiger partial charge in [0.2, 0.25) is 29.5 Å². The molecule has 3 N–H and O–H groups in total. The molecule has 15 nitrogen and oxygen atoms in total. The summed E-state index contributed by atoms with van der Waals surface area (Å²) < 4.78 is 0. The van der Waals surface area contributed by atoms with Crippen LogP contribution in [0.5, 0.6) is 0 Å². The normalized spacial score (nSPS) is 18.2. The second-order valence-corrected chi connectivity index (χ2v) is 13.2. The first-order chi connectivity index (χ1) is 25.5. The van der Waals surface area contributed by atoms with Crippen molar-refractivity contribution in [2.75, 3.05) is 24.5 Å². The number of nitrogens with zero attached hydrogens (tertiary/aromatic N) is 3. The summed E-state index contributed by atoms with van der Waals surface area (Å²) in [6.45, 7) is 3.23. The molecule has 3 heterocycles. The molecule has 0 aromatic heterocycles. The lowest BCUT2D eigenvalue weighted by Crippen LogP contribution is -2.55. The quantitative estimate of drug-likeness (QED) is 0.258. The zero-order chi connectivity index (χ0) is 38.1. The number of carbonyl (C=O) groups excluding carboxylic acids is 8. The Hall–Kier alpha value is -5.86. The van der Waals surface area contributed by atoms with Crippen LogP contribution in [0.15, 0.2) is 48.5 Å². The van der Waals surface area contributed by atoms with E-state index in [1.807, 2.05) is 60.7 Å². The molecule has 0 saturated carbocycles. The van der Waals surface area contributed by atoms with E-state index in [9.17, 15) is 38.4 Å². The topological polar surface area (TPSA) is 192 Å². The number of imide groups is 1. The van der Waals surface area contributed by atoms with E-state index in [0.717, 1.165) is 22.4 Å². The van der Waals surface area contributed by atoms with Crippen LogP contribution >= 0.6 is 0 Å². The van der Waals surface area contributed by atoms with Gasteiger partial charge in [0.25, 0.3) is 11.8 Å². The monoisotopic (exact) mass is 728 g/mol. The molecule has 7 amide bonds. The van der Waals surface area contributed by atoms with Crippen LogP contribution in [0.4, 0.5) is 5.69 Å². The lowest BCUT2D eigenvalue weighted by Gasteiger charge is -2.28. The molecule has 280 valence electrons. The van der Waals surface area contributed by atoms with Gasteiger partial charge in [-0.3, -0.25) is 33.6 Å². The Morgan fingerprint density at radius 1 is 0.830 bits per heavy atom. The number of benzene rings is 2. The van der Waals surface area contributed by atoms with E-state index in [1.54, 1.807) is 18.7 Å². The Kier molecular flexibility index (Phi) is 12.7. The third kappa shape index (κ3) is 9.53. The first-order valence-electron chi connectivity index (χ1n) is 17.8. The number of hydrogen-bond donors (Lipinski definition) is 3. The summed E-state index contributed by atoms with van der Waals surface area (Å²) in [4.78, 5) is 110. The van der Waals surface area contributed by atoms with Gasteiger partial charge < -0.3 is 30.6 Å². The van der Waals surface area contributed by atoms with Crippen LogP contribution in [0.3, 0.4) is 0 Å². The average molecular weight is 729 g/mol. The molecule has 0 aliphatic carbocycles.